The number of nitrogens with zero attached hydrogens (tertiary/aromatic N) is 4. The lowest BCUT2D eigenvalue weighted by molar-refractivity contribution is -0.870. The number of rotatable bonds is 14. The van der Waals surface area contributed by atoms with Crippen molar-refractivity contribution in [1.29, 1.82) is 0 Å². The number of aliphatic carboxylic acids is 4. The zero-order valence-electron chi connectivity index (χ0n) is 30.6. The Balaban J connectivity index is -0.000000111. The van der Waals surface area contributed by atoms with E-state index in [0.29, 0.717) is 0 Å². The SMILES string of the molecule is C[N+](C)(C)CCO.C[N+](C)(C)CCO.C[N+](C)(C)CCO.C[N+](C)(C)CCO.O=C([O-])C(O)C(O)C(=O)[O-].O=C([O-])C(O)C(O)C(=O)[O-]. The number of carbonyl (C=O) groups excluding carboxylic acids is 4. The minimum absolute atomic E-state index is 0.281. The standard InChI is InChI=1S/4C5H14NO.2C4H6O6/c4*1-6(2,3)4-5-7;2*5-1(3(7)8)2(6)4(9)10/h4*7H,4-5H2,1-3H3;2*1-2,5-6H,(H,7,8)(H,9,10)/q4*+1;;/p-4. The molecule has 0 heterocycles. The van der Waals surface area contributed by atoms with Crippen LogP contribution in [-0.2, 0) is 19.2 Å². The van der Waals surface area contributed by atoms with Crippen LogP contribution in [0.5, 0.6) is 0 Å². The van der Waals surface area contributed by atoms with E-state index in [1.165, 1.54) is 0 Å². The van der Waals surface area contributed by atoms with Gasteiger partial charge in [0.15, 0.2) is 0 Å². The third-order valence-corrected chi connectivity index (χ3v) is 4.65. The van der Waals surface area contributed by atoms with Gasteiger partial charge in [0.05, 0.1) is 135 Å². The molecular formula is C28H64N4O16. The fourth-order valence-corrected chi connectivity index (χ4v) is 1.72. The van der Waals surface area contributed by atoms with Crippen molar-refractivity contribution in [3.8, 4) is 0 Å². The van der Waals surface area contributed by atoms with E-state index in [9.17, 15) is 39.6 Å². The molecule has 0 rings (SSSR count). The molecule has 0 amide bonds. The number of hydrogen-bond acceptors (Lipinski definition) is 16. The molecule has 0 aliphatic rings. The summed E-state index contributed by atoms with van der Waals surface area (Å²) in [4.78, 5) is 38.5. The van der Waals surface area contributed by atoms with Crippen molar-refractivity contribution in [1.82, 2.24) is 0 Å². The first-order valence-corrected chi connectivity index (χ1v) is 14.4. The van der Waals surface area contributed by atoms with Gasteiger partial charge in [-0.05, 0) is 0 Å². The zero-order chi connectivity index (χ0) is 40.3. The van der Waals surface area contributed by atoms with Crippen LogP contribution in [-0.4, -0.2) is 244 Å². The molecule has 0 saturated heterocycles. The number of hydrogen-bond donors (Lipinski definition) is 8. The molecule has 0 aliphatic heterocycles. The van der Waals surface area contributed by atoms with Crippen LogP contribution in [0, 0.1) is 0 Å². The summed E-state index contributed by atoms with van der Waals surface area (Å²) in [6, 6.07) is 0. The monoisotopic (exact) mass is 712 g/mol. The van der Waals surface area contributed by atoms with E-state index in [2.05, 4.69) is 84.6 Å². The third kappa shape index (κ3) is 55.8. The minimum atomic E-state index is -2.44. The second-order valence-corrected chi connectivity index (χ2v) is 14.0. The summed E-state index contributed by atoms with van der Waals surface area (Å²) in [6.45, 7) is 4.46. The van der Waals surface area contributed by atoms with Gasteiger partial charge >= 0.3 is 0 Å². The van der Waals surface area contributed by atoms with Gasteiger partial charge < -0.3 is 98.4 Å². The minimum Gasteiger partial charge on any atom is -0.547 e. The van der Waals surface area contributed by atoms with Crippen LogP contribution in [0.4, 0.5) is 0 Å². The average molecular weight is 713 g/mol. The normalized spacial score (nSPS) is 13.6. The smallest absolute Gasteiger partial charge is 0.124 e. The lowest BCUT2D eigenvalue weighted by Crippen LogP contribution is -2.51. The largest absolute Gasteiger partial charge is 0.547 e. The molecular weight excluding hydrogens is 648 g/mol. The Morgan fingerprint density at radius 1 is 0.375 bits per heavy atom. The van der Waals surface area contributed by atoms with Gasteiger partial charge in [-0.1, -0.05) is 0 Å². The van der Waals surface area contributed by atoms with Crippen LogP contribution >= 0.6 is 0 Å². The summed E-state index contributed by atoms with van der Waals surface area (Å²) in [5.41, 5.74) is 0. The molecule has 292 valence electrons. The van der Waals surface area contributed by atoms with E-state index in [1.807, 2.05) is 0 Å². The van der Waals surface area contributed by atoms with Crippen molar-refractivity contribution in [2.75, 3.05) is 137 Å². The Kier molecular flexibility index (Phi) is 35.2. The molecule has 0 aromatic heterocycles. The van der Waals surface area contributed by atoms with Crippen LogP contribution in [0.25, 0.3) is 0 Å². The highest BCUT2D eigenvalue weighted by molar-refractivity contribution is 5.81. The first-order valence-electron chi connectivity index (χ1n) is 14.4. The van der Waals surface area contributed by atoms with Crippen molar-refractivity contribution < 1.29 is 98.4 Å². The van der Waals surface area contributed by atoms with Crippen LogP contribution in [0.3, 0.4) is 0 Å². The topological polar surface area (TPSA) is 322 Å². The van der Waals surface area contributed by atoms with E-state index in [-0.39, 0.29) is 26.4 Å². The fraction of sp³-hybridized carbons (Fsp3) is 0.857. The van der Waals surface area contributed by atoms with Crippen molar-refractivity contribution in [2.24, 2.45) is 0 Å². The summed E-state index contributed by atoms with van der Waals surface area (Å²) < 4.78 is 3.38. The average Bonchev–Trinajstić information content (AvgIpc) is 2.85. The predicted molar refractivity (Wildman–Crippen MR) is 164 cm³/mol. The van der Waals surface area contributed by atoms with Gasteiger partial charge in [0, 0.05) is 0 Å². The summed E-state index contributed by atoms with van der Waals surface area (Å²) in [5.74, 6) is -8.23. The number of likely N-dealkylation sites (N-methyl/N-ethyl adjacent to an activating group) is 4. The van der Waals surface area contributed by atoms with Crippen molar-refractivity contribution in [3.05, 3.63) is 0 Å². The molecule has 0 saturated carbocycles. The van der Waals surface area contributed by atoms with Crippen molar-refractivity contribution >= 4 is 23.9 Å². The first-order chi connectivity index (χ1) is 21.2. The number of quaternary nitrogens is 4. The molecule has 0 aliphatic carbocycles. The van der Waals surface area contributed by atoms with E-state index < -0.39 is 48.3 Å². The number of carboxylic acids is 4. The highest BCUT2D eigenvalue weighted by atomic mass is 16.4. The molecule has 20 heteroatoms. The quantitative estimate of drug-likeness (QED) is 0.0775. The Morgan fingerprint density at radius 3 is 0.500 bits per heavy atom. The van der Waals surface area contributed by atoms with E-state index >= 15 is 0 Å². The molecule has 48 heavy (non-hydrogen) atoms. The van der Waals surface area contributed by atoms with Gasteiger partial charge in [-0.25, -0.2) is 0 Å². The zero-order valence-corrected chi connectivity index (χ0v) is 30.6. The molecule has 8 N–H and O–H groups in total. The lowest BCUT2D eigenvalue weighted by atomic mass is 10.2. The van der Waals surface area contributed by atoms with Gasteiger partial charge in [0.1, 0.15) is 50.6 Å². The van der Waals surface area contributed by atoms with Gasteiger partial charge in [-0.15, -0.1) is 0 Å². The maximum Gasteiger partial charge on any atom is 0.124 e. The fourth-order valence-electron chi connectivity index (χ4n) is 1.72. The van der Waals surface area contributed by atoms with Crippen LogP contribution < -0.4 is 20.4 Å². The van der Waals surface area contributed by atoms with Crippen LogP contribution in [0.2, 0.25) is 0 Å². The summed E-state index contributed by atoms with van der Waals surface area (Å²) >= 11 is 0. The molecule has 0 aromatic carbocycles. The number of aliphatic hydroxyl groups excluding tert-OH is 8. The molecule has 4 unspecified atom stereocenters. The summed E-state index contributed by atoms with van der Waals surface area (Å²) in [5, 5.41) is 105. The number of aliphatic hydroxyl groups is 8. The van der Waals surface area contributed by atoms with Crippen molar-refractivity contribution in [2.45, 2.75) is 24.4 Å². The molecule has 0 fully saturated rings. The van der Waals surface area contributed by atoms with Gasteiger partial charge in [-0.3, -0.25) is 0 Å². The Hall–Kier alpha value is -2.60. The first kappa shape index (κ1) is 57.7. The Morgan fingerprint density at radius 2 is 0.479 bits per heavy atom. The molecule has 0 spiro atoms. The molecule has 0 radical (unpaired) electrons. The molecule has 0 aromatic rings. The second kappa shape index (κ2) is 29.3. The summed E-state index contributed by atoms with van der Waals surface area (Å²) in [7, 11) is 24.6. The van der Waals surface area contributed by atoms with E-state index in [1.54, 1.807) is 0 Å². The third-order valence-electron chi connectivity index (χ3n) is 4.65. The van der Waals surface area contributed by atoms with Crippen LogP contribution in [0.15, 0.2) is 0 Å². The van der Waals surface area contributed by atoms with Gasteiger partial charge in [0.25, 0.3) is 0 Å². The molecule has 0 bridgehead atoms. The predicted octanol–water partition coefficient (Wildman–Crippen LogP) is -10.8. The highest BCUT2D eigenvalue weighted by Crippen LogP contribution is 1.90. The summed E-state index contributed by atoms with van der Waals surface area (Å²) in [6.07, 6.45) is -9.76. The Labute approximate surface area is 284 Å². The lowest BCUT2D eigenvalue weighted by Gasteiger charge is -2.21. The van der Waals surface area contributed by atoms with Crippen LogP contribution in [0.1, 0.15) is 0 Å². The maximum absolute atomic E-state index is 9.63. The molecule has 20 nitrogen and oxygen atoms in total. The second-order valence-electron chi connectivity index (χ2n) is 14.0. The number of carbonyl (C=O) groups is 4. The maximum atomic E-state index is 9.63. The van der Waals surface area contributed by atoms with Crippen molar-refractivity contribution in [3.63, 3.8) is 0 Å². The van der Waals surface area contributed by atoms with E-state index in [4.69, 9.17) is 40.9 Å². The van der Waals surface area contributed by atoms with Gasteiger partial charge in [0.2, 0.25) is 0 Å². The molecule has 4 atom stereocenters. The van der Waals surface area contributed by atoms with E-state index in [0.717, 1.165) is 44.1 Å². The highest BCUT2D eigenvalue weighted by Gasteiger charge is 2.18. The Bertz CT molecular complexity index is 699. The number of carboxylic acid groups (broad SMARTS) is 4. The van der Waals surface area contributed by atoms with Gasteiger partial charge in [-0.2, -0.15) is 0 Å².